The Bertz CT molecular complexity index is 261. The number of hydrogen-bond acceptors (Lipinski definition) is 3. The molecule has 0 aromatic heterocycles. The fraction of sp³-hybridized carbons (Fsp3) is 1.00. The first kappa shape index (κ1) is 13.3. The van der Waals surface area contributed by atoms with Gasteiger partial charge >= 0.3 is 0 Å². The van der Waals surface area contributed by atoms with Crippen LogP contribution in [-0.2, 0) is 4.74 Å². The molecular weight excluding hydrogens is 212 g/mol. The maximum absolute atomic E-state index is 5.83. The van der Waals surface area contributed by atoms with Gasteiger partial charge in [0.2, 0.25) is 0 Å². The first-order valence-corrected chi connectivity index (χ1v) is 6.96. The summed E-state index contributed by atoms with van der Waals surface area (Å²) in [7, 11) is 0. The molecule has 1 saturated heterocycles. The summed E-state index contributed by atoms with van der Waals surface area (Å²) in [5.41, 5.74) is 6.57. The largest absolute Gasteiger partial charge is 0.372 e. The molecule has 1 saturated carbocycles. The Morgan fingerprint density at radius 2 is 1.65 bits per heavy atom. The molecule has 2 atom stereocenters. The van der Waals surface area contributed by atoms with Crippen LogP contribution in [0.25, 0.3) is 0 Å². The normalized spacial score (nSPS) is 35.1. The van der Waals surface area contributed by atoms with Crippen LogP contribution in [0, 0.1) is 16.7 Å². The number of hydrogen-bond donors (Lipinski definition) is 2. The second-order valence-corrected chi connectivity index (χ2v) is 6.85. The van der Waals surface area contributed by atoms with E-state index in [1.165, 1.54) is 0 Å². The molecule has 0 aromatic carbocycles. The first-order valence-electron chi connectivity index (χ1n) is 6.96. The van der Waals surface area contributed by atoms with Gasteiger partial charge in [0.05, 0.1) is 12.2 Å². The Morgan fingerprint density at radius 1 is 1.06 bits per heavy atom. The van der Waals surface area contributed by atoms with Crippen LogP contribution < -0.4 is 11.1 Å². The molecule has 2 rings (SSSR count). The fourth-order valence-electron chi connectivity index (χ4n) is 3.34. The molecule has 2 aliphatic rings. The molecule has 0 bridgehead atoms. The topological polar surface area (TPSA) is 47.3 Å². The minimum atomic E-state index is 0.301. The van der Waals surface area contributed by atoms with Crippen molar-refractivity contribution in [2.75, 3.05) is 19.6 Å². The lowest BCUT2D eigenvalue weighted by Crippen LogP contribution is -2.30. The summed E-state index contributed by atoms with van der Waals surface area (Å²) in [6.45, 7) is 12.3. The highest BCUT2D eigenvalue weighted by atomic mass is 16.5. The fourth-order valence-corrected chi connectivity index (χ4v) is 3.34. The van der Waals surface area contributed by atoms with E-state index >= 15 is 0 Å². The van der Waals surface area contributed by atoms with E-state index in [0.29, 0.717) is 29.6 Å². The van der Waals surface area contributed by atoms with Crippen molar-refractivity contribution in [3.05, 3.63) is 0 Å². The lowest BCUT2D eigenvalue weighted by atomic mass is 10.0. The summed E-state index contributed by atoms with van der Waals surface area (Å²) >= 11 is 0. The molecule has 0 amide bonds. The van der Waals surface area contributed by atoms with E-state index < -0.39 is 0 Å². The van der Waals surface area contributed by atoms with E-state index in [1.54, 1.807) is 0 Å². The molecule has 0 spiro atoms. The van der Waals surface area contributed by atoms with Gasteiger partial charge in [-0.25, -0.2) is 0 Å². The van der Waals surface area contributed by atoms with Crippen LogP contribution >= 0.6 is 0 Å². The molecule has 1 heterocycles. The van der Waals surface area contributed by atoms with Gasteiger partial charge in [-0.2, -0.15) is 0 Å². The van der Waals surface area contributed by atoms with E-state index in [2.05, 4.69) is 33.0 Å². The molecule has 1 aliphatic carbocycles. The standard InChI is InChI=1S/C14H28N2O/c1-13(2)12(14(13,3)4)9-16-8-11-6-5-10(7-15)17-11/h10-12,16H,5-9,15H2,1-4H3. The van der Waals surface area contributed by atoms with Crippen molar-refractivity contribution in [2.45, 2.75) is 52.7 Å². The molecule has 3 N–H and O–H groups in total. The molecule has 0 aromatic rings. The van der Waals surface area contributed by atoms with Gasteiger partial charge in [-0.1, -0.05) is 27.7 Å². The summed E-state index contributed by atoms with van der Waals surface area (Å²) in [6, 6.07) is 0. The third-order valence-electron chi connectivity index (χ3n) is 5.50. The summed E-state index contributed by atoms with van der Waals surface area (Å²) in [5, 5.41) is 3.58. The highest BCUT2D eigenvalue weighted by Crippen LogP contribution is 2.67. The minimum Gasteiger partial charge on any atom is -0.372 e. The molecule has 3 heteroatoms. The quantitative estimate of drug-likeness (QED) is 0.770. The van der Waals surface area contributed by atoms with Gasteiger partial charge < -0.3 is 15.8 Å². The van der Waals surface area contributed by atoms with E-state index in [9.17, 15) is 0 Å². The van der Waals surface area contributed by atoms with Crippen LogP contribution in [0.1, 0.15) is 40.5 Å². The molecule has 2 unspecified atom stereocenters. The van der Waals surface area contributed by atoms with Crippen molar-refractivity contribution >= 4 is 0 Å². The number of nitrogens with two attached hydrogens (primary N) is 1. The molecule has 2 fully saturated rings. The van der Waals surface area contributed by atoms with Gasteiger partial charge in [0, 0.05) is 13.1 Å². The summed E-state index contributed by atoms with van der Waals surface area (Å²) < 4.78 is 5.83. The number of ether oxygens (including phenoxy) is 1. The van der Waals surface area contributed by atoms with E-state index in [-0.39, 0.29) is 0 Å². The molecule has 100 valence electrons. The summed E-state index contributed by atoms with van der Waals surface area (Å²) in [4.78, 5) is 0. The van der Waals surface area contributed by atoms with Crippen molar-refractivity contribution in [1.82, 2.24) is 5.32 Å². The van der Waals surface area contributed by atoms with Gasteiger partial charge in [0.25, 0.3) is 0 Å². The average Bonchev–Trinajstić information content (AvgIpc) is 2.64. The highest BCUT2D eigenvalue weighted by molar-refractivity contribution is 5.12. The monoisotopic (exact) mass is 240 g/mol. The SMILES string of the molecule is CC1(C)C(CNCC2CCC(CN)O2)C1(C)C. The lowest BCUT2D eigenvalue weighted by molar-refractivity contribution is 0.0502. The van der Waals surface area contributed by atoms with Crippen LogP contribution in [0.4, 0.5) is 0 Å². The average molecular weight is 240 g/mol. The van der Waals surface area contributed by atoms with Crippen LogP contribution in [0.3, 0.4) is 0 Å². The van der Waals surface area contributed by atoms with E-state index in [4.69, 9.17) is 10.5 Å². The Kier molecular flexibility index (Phi) is 3.54. The second-order valence-electron chi connectivity index (χ2n) is 6.85. The van der Waals surface area contributed by atoms with Crippen LogP contribution in [0.15, 0.2) is 0 Å². The molecule has 3 nitrogen and oxygen atoms in total. The zero-order valence-electron chi connectivity index (χ0n) is 11.8. The number of nitrogens with one attached hydrogen (secondary N) is 1. The van der Waals surface area contributed by atoms with Crippen molar-refractivity contribution in [2.24, 2.45) is 22.5 Å². The predicted octanol–water partition coefficient (Wildman–Crippen LogP) is 1.76. The van der Waals surface area contributed by atoms with Crippen molar-refractivity contribution < 1.29 is 4.74 Å². The van der Waals surface area contributed by atoms with Crippen molar-refractivity contribution in [3.8, 4) is 0 Å². The Balaban J connectivity index is 1.65. The third kappa shape index (κ3) is 2.38. The molecule has 17 heavy (non-hydrogen) atoms. The van der Waals surface area contributed by atoms with E-state index in [1.807, 2.05) is 0 Å². The summed E-state index contributed by atoms with van der Waals surface area (Å²) in [5.74, 6) is 0.793. The van der Waals surface area contributed by atoms with Crippen molar-refractivity contribution in [1.29, 1.82) is 0 Å². The van der Waals surface area contributed by atoms with Crippen molar-refractivity contribution in [3.63, 3.8) is 0 Å². The van der Waals surface area contributed by atoms with Gasteiger partial charge in [-0.3, -0.25) is 0 Å². The zero-order valence-corrected chi connectivity index (χ0v) is 11.8. The lowest BCUT2D eigenvalue weighted by Gasteiger charge is -2.13. The molecule has 0 radical (unpaired) electrons. The van der Waals surface area contributed by atoms with Crippen LogP contribution in [0.5, 0.6) is 0 Å². The Labute approximate surface area is 105 Å². The summed E-state index contributed by atoms with van der Waals surface area (Å²) in [6.07, 6.45) is 2.97. The highest BCUT2D eigenvalue weighted by Gasteiger charge is 2.63. The van der Waals surface area contributed by atoms with Crippen LogP contribution in [0.2, 0.25) is 0 Å². The molecular formula is C14H28N2O. The maximum Gasteiger partial charge on any atom is 0.0704 e. The first-order chi connectivity index (χ1) is 7.89. The number of rotatable bonds is 5. The van der Waals surface area contributed by atoms with Gasteiger partial charge in [0.1, 0.15) is 0 Å². The zero-order chi connectivity index (χ0) is 12.7. The minimum absolute atomic E-state index is 0.301. The third-order valence-corrected chi connectivity index (χ3v) is 5.50. The Hall–Kier alpha value is -0.120. The van der Waals surface area contributed by atoms with Gasteiger partial charge in [0.15, 0.2) is 0 Å². The smallest absolute Gasteiger partial charge is 0.0704 e. The van der Waals surface area contributed by atoms with Gasteiger partial charge in [-0.15, -0.1) is 0 Å². The second kappa shape index (κ2) is 4.52. The molecule has 1 aliphatic heterocycles. The Morgan fingerprint density at radius 3 is 2.12 bits per heavy atom. The van der Waals surface area contributed by atoms with Crippen LogP contribution in [-0.4, -0.2) is 31.8 Å². The van der Waals surface area contributed by atoms with E-state index in [0.717, 1.165) is 31.8 Å². The maximum atomic E-state index is 5.83. The predicted molar refractivity (Wildman–Crippen MR) is 70.9 cm³/mol. The van der Waals surface area contributed by atoms with Gasteiger partial charge in [-0.05, 0) is 36.1 Å².